The number of aliphatic hydroxyl groups excluding tert-OH is 2. The van der Waals surface area contributed by atoms with E-state index in [-0.39, 0.29) is 19.8 Å². The first-order valence-electron chi connectivity index (χ1n) is 4.73. The highest BCUT2D eigenvalue weighted by Gasteiger charge is 2.20. The molecule has 0 saturated heterocycles. The van der Waals surface area contributed by atoms with Crippen molar-refractivity contribution in [2.45, 2.75) is 5.92 Å². The fourth-order valence-corrected chi connectivity index (χ4v) is 1.25. The quantitative estimate of drug-likeness (QED) is 0.686. The van der Waals surface area contributed by atoms with Crippen LogP contribution < -0.4 is 0 Å². The number of hydrogen-bond donors (Lipinski definition) is 2. The highest BCUT2D eigenvalue weighted by atomic mass is 16.5. The second-order valence-electron chi connectivity index (χ2n) is 3.04. The summed E-state index contributed by atoms with van der Waals surface area (Å²) in [5, 5.41) is 17.6. The lowest BCUT2D eigenvalue weighted by Crippen LogP contribution is -2.20. The molecule has 4 heteroatoms. The van der Waals surface area contributed by atoms with Crippen LogP contribution in [0.3, 0.4) is 0 Å². The molecular weight excluding hydrogens is 196 g/mol. The van der Waals surface area contributed by atoms with Crippen LogP contribution in [0.1, 0.15) is 11.5 Å². The summed E-state index contributed by atoms with van der Waals surface area (Å²) in [5.41, 5.74) is 0.711. The van der Waals surface area contributed by atoms with E-state index in [1.165, 1.54) is 0 Å². The molecule has 1 aromatic carbocycles. The second kappa shape index (κ2) is 6.16. The van der Waals surface area contributed by atoms with Crippen molar-refractivity contribution in [3.05, 3.63) is 35.9 Å². The smallest absolute Gasteiger partial charge is 0.315 e. The maximum Gasteiger partial charge on any atom is 0.315 e. The number of carbonyl (C=O) groups excluding carboxylic acids is 1. The van der Waals surface area contributed by atoms with Gasteiger partial charge in [0.25, 0.3) is 0 Å². The van der Waals surface area contributed by atoms with Crippen molar-refractivity contribution in [1.82, 2.24) is 0 Å². The van der Waals surface area contributed by atoms with E-state index in [0.717, 1.165) is 0 Å². The van der Waals surface area contributed by atoms with Gasteiger partial charge in [0.2, 0.25) is 0 Å². The monoisotopic (exact) mass is 210 g/mol. The first-order valence-corrected chi connectivity index (χ1v) is 4.73. The summed E-state index contributed by atoms with van der Waals surface area (Å²) >= 11 is 0. The van der Waals surface area contributed by atoms with E-state index < -0.39 is 11.9 Å². The molecule has 1 atom stereocenters. The highest BCUT2D eigenvalue weighted by Crippen LogP contribution is 2.16. The van der Waals surface area contributed by atoms with Crippen molar-refractivity contribution in [3.8, 4) is 0 Å². The fraction of sp³-hybridized carbons (Fsp3) is 0.364. The zero-order valence-electron chi connectivity index (χ0n) is 8.30. The molecule has 0 aliphatic heterocycles. The predicted octanol–water partition coefficient (Wildman–Crippen LogP) is 0.298. The van der Waals surface area contributed by atoms with E-state index >= 15 is 0 Å². The fourth-order valence-electron chi connectivity index (χ4n) is 1.25. The van der Waals surface area contributed by atoms with Gasteiger partial charge in [-0.1, -0.05) is 30.3 Å². The number of aliphatic hydroxyl groups is 2. The van der Waals surface area contributed by atoms with Gasteiger partial charge >= 0.3 is 5.97 Å². The van der Waals surface area contributed by atoms with Crippen molar-refractivity contribution < 1.29 is 19.7 Å². The van der Waals surface area contributed by atoms with Crippen molar-refractivity contribution >= 4 is 5.97 Å². The summed E-state index contributed by atoms with van der Waals surface area (Å²) in [7, 11) is 0. The first kappa shape index (κ1) is 11.7. The minimum absolute atomic E-state index is 0.0395. The molecule has 1 aromatic rings. The largest absolute Gasteiger partial charge is 0.463 e. The van der Waals surface area contributed by atoms with E-state index in [2.05, 4.69) is 0 Å². The molecule has 1 rings (SSSR count). The Hall–Kier alpha value is -1.39. The molecule has 1 unspecified atom stereocenters. The van der Waals surface area contributed by atoms with Crippen LogP contribution in [0.4, 0.5) is 0 Å². The van der Waals surface area contributed by atoms with Gasteiger partial charge < -0.3 is 14.9 Å². The third-order valence-electron chi connectivity index (χ3n) is 2.00. The van der Waals surface area contributed by atoms with E-state index in [1.807, 2.05) is 6.07 Å². The lowest BCUT2D eigenvalue weighted by Gasteiger charge is -2.13. The zero-order chi connectivity index (χ0) is 11.1. The normalized spacial score (nSPS) is 12.1. The Morgan fingerprint density at radius 3 is 2.47 bits per heavy atom. The molecule has 0 amide bonds. The minimum Gasteiger partial charge on any atom is -0.463 e. The summed E-state index contributed by atoms with van der Waals surface area (Å²) < 4.78 is 4.75. The van der Waals surface area contributed by atoms with E-state index in [4.69, 9.17) is 14.9 Å². The SMILES string of the molecule is O=C(OCCO)C(CO)c1ccccc1. The van der Waals surface area contributed by atoms with Gasteiger partial charge in [-0.15, -0.1) is 0 Å². The Kier molecular flexibility index (Phi) is 4.80. The van der Waals surface area contributed by atoms with Crippen LogP contribution in [-0.2, 0) is 9.53 Å². The summed E-state index contributed by atoms with van der Waals surface area (Å²) in [6, 6.07) is 8.91. The number of esters is 1. The molecule has 4 nitrogen and oxygen atoms in total. The molecule has 0 aliphatic carbocycles. The van der Waals surface area contributed by atoms with Gasteiger partial charge in [0, 0.05) is 0 Å². The standard InChI is InChI=1S/C11H14O4/c12-6-7-15-11(14)10(8-13)9-4-2-1-3-5-9/h1-5,10,12-13H,6-8H2. The van der Waals surface area contributed by atoms with Gasteiger partial charge in [0.05, 0.1) is 13.2 Å². The highest BCUT2D eigenvalue weighted by molar-refractivity contribution is 5.78. The average molecular weight is 210 g/mol. The lowest BCUT2D eigenvalue weighted by molar-refractivity contribution is -0.147. The minimum atomic E-state index is -0.669. The maximum atomic E-state index is 11.4. The molecule has 0 aliphatic rings. The maximum absolute atomic E-state index is 11.4. The van der Waals surface area contributed by atoms with Crippen molar-refractivity contribution in [2.75, 3.05) is 19.8 Å². The molecule has 0 heterocycles. The molecule has 0 bridgehead atoms. The van der Waals surface area contributed by atoms with Crippen LogP contribution in [0, 0.1) is 0 Å². The Balaban J connectivity index is 2.67. The molecule has 0 fully saturated rings. The van der Waals surface area contributed by atoms with Gasteiger partial charge in [-0.05, 0) is 5.56 Å². The number of ether oxygens (including phenoxy) is 1. The van der Waals surface area contributed by atoms with Gasteiger partial charge in [-0.2, -0.15) is 0 Å². The Labute approximate surface area is 88.1 Å². The third kappa shape index (κ3) is 3.34. The van der Waals surface area contributed by atoms with Gasteiger partial charge in [0.1, 0.15) is 12.5 Å². The lowest BCUT2D eigenvalue weighted by atomic mass is 10.0. The molecule has 0 saturated carbocycles. The summed E-state index contributed by atoms with van der Waals surface area (Å²) in [4.78, 5) is 11.4. The zero-order valence-corrected chi connectivity index (χ0v) is 8.30. The first-order chi connectivity index (χ1) is 7.29. The number of benzene rings is 1. The van der Waals surface area contributed by atoms with Crippen LogP contribution in [0.25, 0.3) is 0 Å². The third-order valence-corrected chi connectivity index (χ3v) is 2.00. The molecule has 2 N–H and O–H groups in total. The van der Waals surface area contributed by atoms with E-state index in [1.54, 1.807) is 24.3 Å². The Bertz CT molecular complexity index is 297. The molecule has 82 valence electrons. The second-order valence-corrected chi connectivity index (χ2v) is 3.04. The average Bonchev–Trinajstić information content (AvgIpc) is 2.29. The van der Waals surface area contributed by atoms with Crippen LogP contribution in [-0.4, -0.2) is 36.0 Å². The van der Waals surface area contributed by atoms with Crippen molar-refractivity contribution in [1.29, 1.82) is 0 Å². The number of rotatable bonds is 5. The number of hydrogen-bond acceptors (Lipinski definition) is 4. The van der Waals surface area contributed by atoms with Crippen LogP contribution in [0.15, 0.2) is 30.3 Å². The van der Waals surface area contributed by atoms with Crippen molar-refractivity contribution in [2.24, 2.45) is 0 Å². The number of carbonyl (C=O) groups is 1. The molecule has 0 aromatic heterocycles. The molecule has 0 radical (unpaired) electrons. The van der Waals surface area contributed by atoms with E-state index in [0.29, 0.717) is 5.56 Å². The molecule has 15 heavy (non-hydrogen) atoms. The topological polar surface area (TPSA) is 66.8 Å². The summed E-state index contributed by atoms with van der Waals surface area (Å²) in [5.74, 6) is -1.18. The summed E-state index contributed by atoms with van der Waals surface area (Å²) in [6.45, 7) is -0.547. The van der Waals surface area contributed by atoms with Gasteiger partial charge in [-0.3, -0.25) is 4.79 Å². The molecular formula is C11H14O4. The van der Waals surface area contributed by atoms with Gasteiger partial charge in [0.15, 0.2) is 0 Å². The van der Waals surface area contributed by atoms with Crippen LogP contribution in [0.5, 0.6) is 0 Å². The van der Waals surface area contributed by atoms with E-state index in [9.17, 15) is 4.79 Å². The Morgan fingerprint density at radius 1 is 1.27 bits per heavy atom. The van der Waals surface area contributed by atoms with Crippen molar-refractivity contribution in [3.63, 3.8) is 0 Å². The predicted molar refractivity (Wildman–Crippen MR) is 54.3 cm³/mol. The van der Waals surface area contributed by atoms with Crippen LogP contribution >= 0.6 is 0 Å². The molecule has 0 spiro atoms. The summed E-state index contributed by atoms with van der Waals surface area (Å²) in [6.07, 6.45) is 0. The van der Waals surface area contributed by atoms with Gasteiger partial charge in [-0.25, -0.2) is 0 Å². The van der Waals surface area contributed by atoms with Crippen LogP contribution in [0.2, 0.25) is 0 Å². The Morgan fingerprint density at radius 2 is 1.93 bits per heavy atom.